The van der Waals surface area contributed by atoms with Gasteiger partial charge in [0.05, 0.1) is 26.2 Å². The highest BCUT2D eigenvalue weighted by atomic mass is 16.5. The van der Waals surface area contributed by atoms with Crippen molar-refractivity contribution >= 4 is 16.9 Å². The van der Waals surface area contributed by atoms with Crippen LogP contribution in [0.15, 0.2) is 75.9 Å². The Kier molecular flexibility index (Phi) is 5.94. The van der Waals surface area contributed by atoms with Crippen LogP contribution in [0.3, 0.4) is 0 Å². The Balaban J connectivity index is 1.62. The van der Waals surface area contributed by atoms with Gasteiger partial charge in [0.2, 0.25) is 0 Å². The lowest BCUT2D eigenvalue weighted by Crippen LogP contribution is -2.11. The van der Waals surface area contributed by atoms with Crippen LogP contribution < -0.4 is 19.8 Å². The van der Waals surface area contributed by atoms with Crippen molar-refractivity contribution in [2.75, 3.05) is 14.2 Å². The van der Waals surface area contributed by atoms with E-state index in [1.165, 1.54) is 0 Å². The maximum atomic E-state index is 12.6. The minimum Gasteiger partial charge on any atom is -0.497 e. The normalized spacial score (nSPS) is 10.7. The number of hydrogen-bond donors (Lipinski definition) is 0. The number of aryl methyl sites for hydroxylation is 1. The van der Waals surface area contributed by atoms with Crippen LogP contribution in [0.2, 0.25) is 0 Å². The van der Waals surface area contributed by atoms with E-state index in [9.17, 15) is 9.59 Å². The molecule has 0 unspecified atom stereocenters. The molecule has 162 valence electrons. The van der Waals surface area contributed by atoms with Gasteiger partial charge in [-0.15, -0.1) is 0 Å². The number of esters is 1. The molecule has 1 heterocycles. The van der Waals surface area contributed by atoms with Gasteiger partial charge in [-0.25, -0.2) is 4.79 Å². The molecule has 32 heavy (non-hydrogen) atoms. The second kappa shape index (κ2) is 8.98. The standard InChI is InChI=1S/C26H22O6/c1-16-22-15-21(31-24(27)14-17-4-8-19(29-2)9-5-17)12-13-23(22)32-26(28)25(16)18-6-10-20(30-3)11-7-18/h4-13,15H,14H2,1-3H3. The molecule has 0 aliphatic carbocycles. The van der Waals surface area contributed by atoms with E-state index in [0.717, 1.165) is 22.4 Å². The summed E-state index contributed by atoms with van der Waals surface area (Å²) in [6.07, 6.45) is 0.127. The number of rotatable bonds is 6. The van der Waals surface area contributed by atoms with Gasteiger partial charge in [-0.1, -0.05) is 24.3 Å². The lowest BCUT2D eigenvalue weighted by Gasteiger charge is -2.10. The average molecular weight is 430 g/mol. The first kappa shape index (κ1) is 21.2. The van der Waals surface area contributed by atoms with Gasteiger partial charge in [0.15, 0.2) is 0 Å². The van der Waals surface area contributed by atoms with Crippen LogP contribution in [-0.2, 0) is 11.2 Å². The van der Waals surface area contributed by atoms with E-state index in [1.807, 2.05) is 31.2 Å². The zero-order chi connectivity index (χ0) is 22.7. The molecule has 0 N–H and O–H groups in total. The third-order valence-electron chi connectivity index (χ3n) is 5.25. The van der Waals surface area contributed by atoms with E-state index in [4.69, 9.17) is 18.6 Å². The number of ether oxygens (including phenoxy) is 3. The van der Waals surface area contributed by atoms with Crippen LogP contribution >= 0.6 is 0 Å². The third kappa shape index (κ3) is 4.34. The summed E-state index contributed by atoms with van der Waals surface area (Å²) in [4.78, 5) is 25.0. The number of hydrogen-bond acceptors (Lipinski definition) is 6. The second-order valence-electron chi connectivity index (χ2n) is 7.27. The van der Waals surface area contributed by atoms with E-state index < -0.39 is 5.63 Å². The zero-order valence-corrected chi connectivity index (χ0v) is 18.0. The van der Waals surface area contributed by atoms with Crippen molar-refractivity contribution in [2.24, 2.45) is 0 Å². The molecule has 0 fully saturated rings. The predicted molar refractivity (Wildman–Crippen MR) is 122 cm³/mol. The smallest absolute Gasteiger partial charge is 0.344 e. The molecule has 6 heteroatoms. The van der Waals surface area contributed by atoms with Gasteiger partial charge in [0.1, 0.15) is 22.8 Å². The predicted octanol–water partition coefficient (Wildman–Crippen LogP) is 4.93. The molecule has 0 saturated heterocycles. The zero-order valence-electron chi connectivity index (χ0n) is 18.0. The van der Waals surface area contributed by atoms with Gasteiger partial charge in [-0.3, -0.25) is 4.79 Å². The Labute approximate surface area is 185 Å². The SMILES string of the molecule is COc1ccc(CC(=O)Oc2ccc3oc(=O)c(-c4ccc(OC)cc4)c(C)c3c2)cc1. The first-order chi connectivity index (χ1) is 15.5. The monoisotopic (exact) mass is 430 g/mol. The van der Waals surface area contributed by atoms with Crippen molar-refractivity contribution in [1.82, 2.24) is 0 Å². The summed E-state index contributed by atoms with van der Waals surface area (Å²) >= 11 is 0. The molecule has 3 aromatic carbocycles. The summed E-state index contributed by atoms with van der Waals surface area (Å²) in [6.45, 7) is 1.85. The average Bonchev–Trinajstić information content (AvgIpc) is 2.80. The highest BCUT2D eigenvalue weighted by molar-refractivity contribution is 5.88. The maximum absolute atomic E-state index is 12.6. The molecule has 4 rings (SSSR count). The van der Waals surface area contributed by atoms with E-state index in [1.54, 1.807) is 56.7 Å². The highest BCUT2D eigenvalue weighted by Crippen LogP contribution is 2.30. The van der Waals surface area contributed by atoms with Crippen LogP contribution in [0.5, 0.6) is 17.2 Å². The molecule has 0 amide bonds. The number of benzene rings is 3. The number of carbonyl (C=O) groups excluding carboxylic acids is 1. The van der Waals surface area contributed by atoms with E-state index >= 15 is 0 Å². The first-order valence-corrected chi connectivity index (χ1v) is 10.0. The number of methoxy groups -OCH3 is 2. The van der Waals surface area contributed by atoms with Crippen molar-refractivity contribution in [3.63, 3.8) is 0 Å². The van der Waals surface area contributed by atoms with E-state index in [0.29, 0.717) is 28.0 Å². The van der Waals surface area contributed by atoms with Gasteiger partial charge in [-0.2, -0.15) is 0 Å². The molecule has 0 aliphatic rings. The fourth-order valence-corrected chi connectivity index (χ4v) is 3.56. The molecule has 4 aromatic rings. The Morgan fingerprint density at radius 1 is 0.844 bits per heavy atom. The highest BCUT2D eigenvalue weighted by Gasteiger charge is 2.15. The summed E-state index contributed by atoms with van der Waals surface area (Å²) in [7, 11) is 3.18. The first-order valence-electron chi connectivity index (χ1n) is 10.0. The second-order valence-corrected chi connectivity index (χ2v) is 7.27. The van der Waals surface area contributed by atoms with Crippen LogP contribution in [-0.4, -0.2) is 20.2 Å². The molecule has 0 spiro atoms. The van der Waals surface area contributed by atoms with Gasteiger partial charge >= 0.3 is 11.6 Å². The van der Waals surface area contributed by atoms with Gasteiger partial charge in [-0.05, 0) is 66.1 Å². The van der Waals surface area contributed by atoms with Crippen molar-refractivity contribution < 1.29 is 23.4 Å². The maximum Gasteiger partial charge on any atom is 0.344 e. The molecule has 0 saturated carbocycles. The van der Waals surface area contributed by atoms with Gasteiger partial charge in [0, 0.05) is 5.39 Å². The Bertz CT molecular complexity index is 1320. The number of carbonyl (C=O) groups is 1. The van der Waals surface area contributed by atoms with E-state index in [2.05, 4.69) is 0 Å². The summed E-state index contributed by atoms with van der Waals surface area (Å²) in [5, 5.41) is 0.699. The van der Waals surface area contributed by atoms with Crippen molar-refractivity contribution in [2.45, 2.75) is 13.3 Å². The lowest BCUT2D eigenvalue weighted by molar-refractivity contribution is -0.133. The molecule has 0 aliphatic heterocycles. The summed E-state index contributed by atoms with van der Waals surface area (Å²) < 4.78 is 21.4. The van der Waals surface area contributed by atoms with Crippen LogP contribution in [0.25, 0.3) is 22.1 Å². The minimum absolute atomic E-state index is 0.127. The largest absolute Gasteiger partial charge is 0.497 e. The lowest BCUT2D eigenvalue weighted by atomic mass is 9.99. The van der Waals surface area contributed by atoms with Crippen molar-refractivity contribution in [3.8, 4) is 28.4 Å². The van der Waals surface area contributed by atoms with Gasteiger partial charge in [0.25, 0.3) is 0 Å². The molecule has 0 bridgehead atoms. The van der Waals surface area contributed by atoms with Gasteiger partial charge < -0.3 is 18.6 Å². The van der Waals surface area contributed by atoms with Crippen molar-refractivity contribution in [3.05, 3.63) is 88.3 Å². The third-order valence-corrected chi connectivity index (χ3v) is 5.25. The van der Waals surface area contributed by atoms with E-state index in [-0.39, 0.29) is 12.4 Å². The Hall–Kier alpha value is -4.06. The summed E-state index contributed by atoms with van der Waals surface area (Å²) in [5.74, 6) is 1.41. The molecule has 0 atom stereocenters. The molecule has 6 nitrogen and oxygen atoms in total. The Morgan fingerprint density at radius 2 is 1.44 bits per heavy atom. The summed E-state index contributed by atoms with van der Waals surface area (Å²) in [5.41, 5.74) is 2.75. The fourth-order valence-electron chi connectivity index (χ4n) is 3.56. The quantitative estimate of drug-likeness (QED) is 0.245. The molecule has 1 aromatic heterocycles. The number of fused-ring (bicyclic) bond motifs is 1. The fraction of sp³-hybridized carbons (Fsp3) is 0.154. The Morgan fingerprint density at radius 3 is 2.06 bits per heavy atom. The topological polar surface area (TPSA) is 75.0 Å². The van der Waals surface area contributed by atoms with Crippen LogP contribution in [0, 0.1) is 6.92 Å². The van der Waals surface area contributed by atoms with Crippen LogP contribution in [0.1, 0.15) is 11.1 Å². The summed E-state index contributed by atoms with van der Waals surface area (Å²) in [6, 6.07) is 19.4. The van der Waals surface area contributed by atoms with Crippen molar-refractivity contribution in [1.29, 1.82) is 0 Å². The molecular weight excluding hydrogens is 408 g/mol. The van der Waals surface area contributed by atoms with Crippen LogP contribution in [0.4, 0.5) is 0 Å². The molecule has 0 radical (unpaired) electrons. The minimum atomic E-state index is -0.426. The molecular formula is C26H22O6.